The summed E-state index contributed by atoms with van der Waals surface area (Å²) in [7, 11) is 1.35. The molecule has 3 rings (SSSR count). The molecule has 1 unspecified atom stereocenters. The Hall–Kier alpha value is -2.91. The van der Waals surface area contributed by atoms with Crippen molar-refractivity contribution in [3.05, 3.63) is 95.6 Å². The average Bonchev–Trinajstić information content (AvgIpc) is 2.68. The maximum Gasteiger partial charge on any atom is 0.337 e. The zero-order chi connectivity index (χ0) is 16.9. The molecule has 0 heterocycles. The lowest BCUT2D eigenvalue weighted by atomic mass is 9.97. The molecule has 0 saturated heterocycles. The Morgan fingerprint density at radius 3 is 1.83 bits per heavy atom. The van der Waals surface area contributed by atoms with Crippen LogP contribution >= 0.6 is 0 Å². The Morgan fingerprint density at radius 1 is 0.792 bits per heavy atom. The van der Waals surface area contributed by atoms with E-state index < -0.39 is 6.10 Å². The van der Waals surface area contributed by atoms with Crippen LogP contribution in [-0.4, -0.2) is 18.2 Å². The number of methoxy groups -OCH3 is 1. The van der Waals surface area contributed by atoms with Crippen LogP contribution in [0.3, 0.4) is 0 Å². The van der Waals surface area contributed by atoms with Crippen LogP contribution in [0.15, 0.2) is 78.9 Å². The van der Waals surface area contributed by atoms with E-state index in [9.17, 15) is 9.90 Å². The molecule has 0 aliphatic carbocycles. The van der Waals surface area contributed by atoms with Crippen molar-refractivity contribution in [1.82, 2.24) is 0 Å². The molecule has 0 amide bonds. The molecular weight excluding hydrogens is 300 g/mol. The third-order valence-electron chi connectivity index (χ3n) is 3.98. The van der Waals surface area contributed by atoms with Crippen LogP contribution in [0.5, 0.6) is 0 Å². The van der Waals surface area contributed by atoms with Gasteiger partial charge in [0.1, 0.15) is 6.10 Å². The van der Waals surface area contributed by atoms with Crippen molar-refractivity contribution in [3.63, 3.8) is 0 Å². The molecule has 3 nitrogen and oxygen atoms in total. The summed E-state index contributed by atoms with van der Waals surface area (Å²) < 4.78 is 4.68. The zero-order valence-electron chi connectivity index (χ0n) is 13.3. The Bertz CT molecular complexity index is 806. The van der Waals surface area contributed by atoms with Crippen LogP contribution in [0.25, 0.3) is 11.1 Å². The molecule has 0 aliphatic rings. The zero-order valence-corrected chi connectivity index (χ0v) is 13.3. The summed E-state index contributed by atoms with van der Waals surface area (Å²) in [6.07, 6.45) is -0.735. The van der Waals surface area contributed by atoms with Gasteiger partial charge in [-0.3, -0.25) is 0 Å². The smallest absolute Gasteiger partial charge is 0.337 e. The highest BCUT2D eigenvalue weighted by atomic mass is 16.5. The number of aliphatic hydroxyl groups is 1. The molecule has 3 heteroatoms. The standard InChI is InChI=1S/C21H18O3/c1-24-21(23)19-13-11-18(12-14-19)20(22)17-9-7-16(8-10-17)15-5-3-2-4-6-15/h2-14,20,22H,1H3. The van der Waals surface area contributed by atoms with E-state index in [1.807, 2.05) is 42.5 Å². The van der Waals surface area contributed by atoms with Crippen LogP contribution in [0, 0.1) is 0 Å². The third-order valence-corrected chi connectivity index (χ3v) is 3.98. The van der Waals surface area contributed by atoms with Gasteiger partial charge in [-0.05, 0) is 34.4 Å². The first-order chi connectivity index (χ1) is 11.7. The first kappa shape index (κ1) is 16.0. The monoisotopic (exact) mass is 318 g/mol. The fourth-order valence-electron chi connectivity index (χ4n) is 2.60. The van der Waals surface area contributed by atoms with E-state index in [4.69, 9.17) is 0 Å². The molecule has 120 valence electrons. The molecule has 0 radical (unpaired) electrons. The number of hydrogen-bond donors (Lipinski definition) is 1. The van der Waals surface area contributed by atoms with Gasteiger partial charge < -0.3 is 9.84 Å². The van der Waals surface area contributed by atoms with Gasteiger partial charge in [-0.1, -0.05) is 66.7 Å². The summed E-state index contributed by atoms with van der Waals surface area (Å²) in [6, 6.07) is 24.7. The highest BCUT2D eigenvalue weighted by Crippen LogP contribution is 2.25. The Morgan fingerprint density at radius 2 is 1.29 bits per heavy atom. The fourth-order valence-corrected chi connectivity index (χ4v) is 2.60. The second-order valence-corrected chi connectivity index (χ2v) is 5.50. The van der Waals surface area contributed by atoms with Crippen molar-refractivity contribution in [2.75, 3.05) is 7.11 Å². The van der Waals surface area contributed by atoms with Gasteiger partial charge in [0.25, 0.3) is 0 Å². The quantitative estimate of drug-likeness (QED) is 0.733. The molecule has 1 atom stereocenters. The largest absolute Gasteiger partial charge is 0.465 e. The SMILES string of the molecule is COC(=O)c1ccc(C(O)c2ccc(-c3ccccc3)cc2)cc1. The number of esters is 1. The van der Waals surface area contributed by atoms with Crippen LogP contribution in [0.2, 0.25) is 0 Å². The van der Waals surface area contributed by atoms with E-state index in [-0.39, 0.29) is 5.97 Å². The highest BCUT2D eigenvalue weighted by Gasteiger charge is 2.12. The molecule has 0 fully saturated rings. The number of carbonyl (C=O) groups excluding carboxylic acids is 1. The van der Waals surface area contributed by atoms with Crippen molar-refractivity contribution in [3.8, 4) is 11.1 Å². The van der Waals surface area contributed by atoms with Crippen molar-refractivity contribution < 1.29 is 14.6 Å². The van der Waals surface area contributed by atoms with E-state index in [0.29, 0.717) is 5.56 Å². The summed E-state index contributed by atoms with van der Waals surface area (Å²) in [5, 5.41) is 10.5. The second-order valence-electron chi connectivity index (χ2n) is 5.50. The normalized spacial score (nSPS) is 11.8. The van der Waals surface area contributed by atoms with Crippen molar-refractivity contribution in [1.29, 1.82) is 0 Å². The Labute approximate surface area is 141 Å². The van der Waals surface area contributed by atoms with Gasteiger partial charge in [0.2, 0.25) is 0 Å². The predicted molar refractivity (Wildman–Crippen MR) is 93.7 cm³/mol. The van der Waals surface area contributed by atoms with E-state index in [1.165, 1.54) is 7.11 Å². The molecule has 0 aromatic heterocycles. The summed E-state index contributed by atoms with van der Waals surface area (Å²) >= 11 is 0. The van der Waals surface area contributed by atoms with Crippen LogP contribution in [-0.2, 0) is 4.74 Å². The van der Waals surface area contributed by atoms with E-state index in [0.717, 1.165) is 22.3 Å². The summed E-state index contributed by atoms with van der Waals surface area (Å²) in [4.78, 5) is 11.5. The van der Waals surface area contributed by atoms with E-state index in [1.54, 1.807) is 24.3 Å². The van der Waals surface area contributed by atoms with Gasteiger partial charge in [-0.2, -0.15) is 0 Å². The first-order valence-corrected chi connectivity index (χ1v) is 7.71. The Kier molecular flexibility index (Phi) is 4.73. The highest BCUT2D eigenvalue weighted by molar-refractivity contribution is 5.89. The topological polar surface area (TPSA) is 46.5 Å². The minimum absolute atomic E-state index is 0.386. The molecule has 3 aromatic rings. The van der Waals surface area contributed by atoms with Gasteiger partial charge in [-0.15, -0.1) is 0 Å². The number of carbonyl (C=O) groups is 1. The van der Waals surface area contributed by atoms with Gasteiger partial charge in [0.05, 0.1) is 12.7 Å². The van der Waals surface area contributed by atoms with Crippen LogP contribution < -0.4 is 0 Å². The second kappa shape index (κ2) is 7.11. The molecule has 0 bridgehead atoms. The minimum Gasteiger partial charge on any atom is -0.465 e. The third kappa shape index (κ3) is 3.36. The summed E-state index contributed by atoms with van der Waals surface area (Å²) in [5.74, 6) is -0.386. The van der Waals surface area contributed by atoms with Crippen LogP contribution in [0.1, 0.15) is 27.6 Å². The number of rotatable bonds is 4. The summed E-state index contributed by atoms with van der Waals surface area (Å²) in [6.45, 7) is 0. The maximum atomic E-state index is 11.5. The van der Waals surface area contributed by atoms with E-state index >= 15 is 0 Å². The average molecular weight is 318 g/mol. The molecular formula is C21H18O3. The number of aliphatic hydroxyl groups excluding tert-OH is 1. The lowest BCUT2D eigenvalue weighted by Gasteiger charge is -2.13. The lowest BCUT2D eigenvalue weighted by molar-refractivity contribution is 0.0600. The molecule has 0 aliphatic heterocycles. The Balaban J connectivity index is 1.80. The fraction of sp³-hybridized carbons (Fsp3) is 0.0952. The van der Waals surface area contributed by atoms with Crippen molar-refractivity contribution in [2.24, 2.45) is 0 Å². The first-order valence-electron chi connectivity index (χ1n) is 7.71. The molecule has 24 heavy (non-hydrogen) atoms. The van der Waals surface area contributed by atoms with Gasteiger partial charge in [-0.25, -0.2) is 4.79 Å². The molecule has 1 N–H and O–H groups in total. The molecule has 0 spiro atoms. The molecule has 0 saturated carbocycles. The van der Waals surface area contributed by atoms with Crippen LogP contribution in [0.4, 0.5) is 0 Å². The molecule has 3 aromatic carbocycles. The maximum absolute atomic E-state index is 11.5. The van der Waals surface area contributed by atoms with Crippen molar-refractivity contribution >= 4 is 5.97 Å². The lowest BCUT2D eigenvalue weighted by Crippen LogP contribution is -2.03. The predicted octanol–water partition coefficient (Wildman–Crippen LogP) is 4.22. The van der Waals surface area contributed by atoms with Gasteiger partial charge in [0.15, 0.2) is 0 Å². The van der Waals surface area contributed by atoms with E-state index in [2.05, 4.69) is 16.9 Å². The van der Waals surface area contributed by atoms with Gasteiger partial charge in [0, 0.05) is 0 Å². The van der Waals surface area contributed by atoms with Gasteiger partial charge >= 0.3 is 5.97 Å². The number of hydrogen-bond acceptors (Lipinski definition) is 3. The minimum atomic E-state index is -0.735. The number of ether oxygens (including phenoxy) is 1. The van der Waals surface area contributed by atoms with Crippen molar-refractivity contribution in [2.45, 2.75) is 6.10 Å². The number of benzene rings is 3. The summed E-state index contributed by atoms with van der Waals surface area (Å²) in [5.41, 5.74) is 4.25.